The second kappa shape index (κ2) is 6.84. The number of aromatic hydroxyl groups is 1. The highest BCUT2D eigenvalue weighted by molar-refractivity contribution is 6.30. The van der Waals surface area contributed by atoms with E-state index >= 15 is 0 Å². The number of ether oxygens (including phenoxy) is 2. The Balaban J connectivity index is 1.78. The molecule has 0 saturated carbocycles. The third kappa shape index (κ3) is 3.38. The molecule has 0 fully saturated rings. The van der Waals surface area contributed by atoms with Crippen LogP contribution in [0.1, 0.15) is 46.0 Å². The second-order valence-corrected chi connectivity index (χ2v) is 7.61. The summed E-state index contributed by atoms with van der Waals surface area (Å²) < 4.78 is 11.8. The molecule has 1 aliphatic rings. The SMILES string of the molecule is Cc1c(C)c2c(c(C)c1O)CCC(C)(COC(=O)c1cccc(Cl)c1)O2. The molecule has 1 heterocycles. The number of benzene rings is 2. The Labute approximate surface area is 158 Å². The Bertz CT molecular complexity index is 875. The Kier molecular flexibility index (Phi) is 4.89. The maximum absolute atomic E-state index is 12.3. The summed E-state index contributed by atoms with van der Waals surface area (Å²) in [5.74, 6) is 0.712. The van der Waals surface area contributed by atoms with Crippen LogP contribution in [0.3, 0.4) is 0 Å². The summed E-state index contributed by atoms with van der Waals surface area (Å²) in [5, 5.41) is 10.8. The first-order valence-electron chi connectivity index (χ1n) is 8.65. The van der Waals surface area contributed by atoms with Gasteiger partial charge in [0.2, 0.25) is 0 Å². The molecule has 1 aliphatic heterocycles. The summed E-state index contributed by atoms with van der Waals surface area (Å²) in [6, 6.07) is 6.69. The van der Waals surface area contributed by atoms with Crippen molar-refractivity contribution in [2.75, 3.05) is 6.61 Å². The molecule has 1 unspecified atom stereocenters. The average molecular weight is 375 g/mol. The summed E-state index contributed by atoms with van der Waals surface area (Å²) in [6.45, 7) is 7.82. The molecule has 1 atom stereocenters. The van der Waals surface area contributed by atoms with Gasteiger partial charge in [-0.25, -0.2) is 4.79 Å². The minimum atomic E-state index is -0.609. The third-order valence-corrected chi connectivity index (χ3v) is 5.40. The number of phenols is 1. The van der Waals surface area contributed by atoms with Crippen LogP contribution in [0, 0.1) is 20.8 Å². The number of carbonyl (C=O) groups is 1. The molecule has 0 aliphatic carbocycles. The van der Waals surface area contributed by atoms with Crippen molar-refractivity contribution in [1.82, 2.24) is 0 Å². The normalized spacial score (nSPS) is 18.8. The predicted octanol–water partition coefficient (Wildman–Crippen LogP) is 4.91. The molecule has 5 heteroatoms. The average Bonchev–Trinajstić information content (AvgIpc) is 2.62. The maximum Gasteiger partial charge on any atom is 0.338 e. The third-order valence-electron chi connectivity index (χ3n) is 5.16. The number of fused-ring (bicyclic) bond motifs is 1. The van der Waals surface area contributed by atoms with Crippen molar-refractivity contribution in [2.24, 2.45) is 0 Å². The zero-order valence-corrected chi connectivity index (χ0v) is 16.2. The molecule has 0 saturated heterocycles. The van der Waals surface area contributed by atoms with E-state index in [0.29, 0.717) is 22.8 Å². The number of hydrogen-bond donors (Lipinski definition) is 1. The number of halogens is 1. The Morgan fingerprint density at radius 1 is 1.27 bits per heavy atom. The zero-order chi connectivity index (χ0) is 19.1. The van der Waals surface area contributed by atoms with Crippen LogP contribution in [0.25, 0.3) is 0 Å². The van der Waals surface area contributed by atoms with Gasteiger partial charge >= 0.3 is 5.97 Å². The Morgan fingerprint density at radius 3 is 2.69 bits per heavy atom. The molecule has 26 heavy (non-hydrogen) atoms. The lowest BCUT2D eigenvalue weighted by Gasteiger charge is -2.37. The van der Waals surface area contributed by atoms with E-state index in [1.807, 2.05) is 27.7 Å². The highest BCUT2D eigenvalue weighted by Crippen LogP contribution is 2.43. The molecular weight excluding hydrogens is 352 g/mol. The van der Waals surface area contributed by atoms with Crippen LogP contribution in [-0.2, 0) is 11.2 Å². The summed E-state index contributed by atoms with van der Waals surface area (Å²) in [4.78, 5) is 12.3. The van der Waals surface area contributed by atoms with Gasteiger partial charge in [0, 0.05) is 10.6 Å². The van der Waals surface area contributed by atoms with Gasteiger partial charge in [-0.2, -0.15) is 0 Å². The molecule has 0 radical (unpaired) electrons. The summed E-state index contributed by atoms with van der Waals surface area (Å²) in [7, 11) is 0. The van der Waals surface area contributed by atoms with Gasteiger partial charge in [-0.15, -0.1) is 0 Å². The van der Waals surface area contributed by atoms with Gasteiger partial charge in [-0.05, 0) is 75.4 Å². The highest BCUT2D eigenvalue weighted by atomic mass is 35.5. The lowest BCUT2D eigenvalue weighted by Crippen LogP contribution is -2.42. The smallest absolute Gasteiger partial charge is 0.338 e. The molecule has 0 bridgehead atoms. The Morgan fingerprint density at radius 2 is 2.00 bits per heavy atom. The minimum absolute atomic E-state index is 0.149. The molecule has 138 valence electrons. The predicted molar refractivity (Wildman–Crippen MR) is 101 cm³/mol. The van der Waals surface area contributed by atoms with Crippen molar-refractivity contribution in [3.05, 3.63) is 57.1 Å². The lowest BCUT2D eigenvalue weighted by molar-refractivity contribution is -0.0164. The van der Waals surface area contributed by atoms with Gasteiger partial charge in [-0.3, -0.25) is 0 Å². The van der Waals surface area contributed by atoms with Crippen LogP contribution in [0.4, 0.5) is 0 Å². The van der Waals surface area contributed by atoms with E-state index in [1.54, 1.807) is 24.3 Å². The molecule has 0 spiro atoms. The van der Waals surface area contributed by atoms with Gasteiger partial charge in [0.25, 0.3) is 0 Å². The standard InChI is InChI=1S/C21H23ClO4/c1-12-13(2)19-17(14(3)18(12)23)8-9-21(4,26-19)11-25-20(24)15-6-5-7-16(22)10-15/h5-7,10,23H,8-9,11H2,1-4H3. The topological polar surface area (TPSA) is 55.8 Å². The van der Waals surface area contributed by atoms with Crippen molar-refractivity contribution in [3.8, 4) is 11.5 Å². The van der Waals surface area contributed by atoms with Crippen molar-refractivity contribution in [1.29, 1.82) is 0 Å². The number of rotatable bonds is 3. The maximum atomic E-state index is 12.3. The summed E-state index contributed by atoms with van der Waals surface area (Å²) >= 11 is 5.93. The van der Waals surface area contributed by atoms with Crippen molar-refractivity contribution in [2.45, 2.75) is 46.1 Å². The molecular formula is C21H23ClO4. The van der Waals surface area contributed by atoms with E-state index in [9.17, 15) is 9.90 Å². The van der Waals surface area contributed by atoms with E-state index in [-0.39, 0.29) is 6.61 Å². The first-order chi connectivity index (χ1) is 12.2. The van der Waals surface area contributed by atoms with Gasteiger partial charge < -0.3 is 14.6 Å². The minimum Gasteiger partial charge on any atom is -0.507 e. The monoisotopic (exact) mass is 374 g/mol. The lowest BCUT2D eigenvalue weighted by atomic mass is 9.87. The van der Waals surface area contributed by atoms with E-state index in [4.69, 9.17) is 21.1 Å². The van der Waals surface area contributed by atoms with Crippen LogP contribution in [0.5, 0.6) is 11.5 Å². The number of esters is 1. The zero-order valence-electron chi connectivity index (χ0n) is 15.5. The molecule has 0 aromatic heterocycles. The summed E-state index contributed by atoms with van der Waals surface area (Å²) in [6.07, 6.45) is 1.46. The quantitative estimate of drug-likeness (QED) is 0.775. The number of carbonyl (C=O) groups excluding carboxylic acids is 1. The molecule has 2 aromatic carbocycles. The Hall–Kier alpha value is -2.20. The van der Waals surface area contributed by atoms with Gasteiger partial charge in [0.05, 0.1) is 5.56 Å². The number of phenolic OH excluding ortho intramolecular Hbond substituents is 1. The van der Waals surface area contributed by atoms with Gasteiger partial charge in [0.15, 0.2) is 0 Å². The first-order valence-corrected chi connectivity index (χ1v) is 9.03. The van der Waals surface area contributed by atoms with E-state index in [0.717, 1.165) is 34.4 Å². The molecule has 4 nitrogen and oxygen atoms in total. The van der Waals surface area contributed by atoms with Gasteiger partial charge in [-0.1, -0.05) is 17.7 Å². The molecule has 3 rings (SSSR count). The second-order valence-electron chi connectivity index (χ2n) is 7.17. The molecule has 1 N–H and O–H groups in total. The van der Waals surface area contributed by atoms with Crippen LogP contribution in [0.15, 0.2) is 24.3 Å². The van der Waals surface area contributed by atoms with Crippen LogP contribution >= 0.6 is 11.6 Å². The van der Waals surface area contributed by atoms with E-state index < -0.39 is 11.6 Å². The molecule has 2 aromatic rings. The molecule has 0 amide bonds. The van der Waals surface area contributed by atoms with Crippen LogP contribution in [0.2, 0.25) is 5.02 Å². The van der Waals surface area contributed by atoms with E-state index in [2.05, 4.69) is 0 Å². The largest absolute Gasteiger partial charge is 0.507 e. The highest BCUT2D eigenvalue weighted by Gasteiger charge is 2.36. The van der Waals surface area contributed by atoms with Crippen LogP contribution in [-0.4, -0.2) is 23.3 Å². The fourth-order valence-corrected chi connectivity index (χ4v) is 3.50. The summed E-state index contributed by atoms with van der Waals surface area (Å²) in [5.41, 5.74) is 3.45. The van der Waals surface area contributed by atoms with Crippen molar-refractivity contribution in [3.63, 3.8) is 0 Å². The van der Waals surface area contributed by atoms with Crippen molar-refractivity contribution < 1.29 is 19.4 Å². The fourth-order valence-electron chi connectivity index (χ4n) is 3.31. The van der Waals surface area contributed by atoms with Gasteiger partial charge in [0.1, 0.15) is 23.7 Å². The fraction of sp³-hybridized carbons (Fsp3) is 0.381. The van der Waals surface area contributed by atoms with Crippen molar-refractivity contribution >= 4 is 17.6 Å². The van der Waals surface area contributed by atoms with E-state index in [1.165, 1.54) is 0 Å². The first kappa shape index (κ1) is 18.6. The van der Waals surface area contributed by atoms with Crippen LogP contribution < -0.4 is 4.74 Å². The number of hydrogen-bond acceptors (Lipinski definition) is 4.